The fourth-order valence-corrected chi connectivity index (χ4v) is 4.15. The van der Waals surface area contributed by atoms with Crippen LogP contribution in [0.2, 0.25) is 0 Å². The summed E-state index contributed by atoms with van der Waals surface area (Å²) in [6.07, 6.45) is 4.57. The number of morpholine rings is 1. The molecule has 10 nitrogen and oxygen atoms in total. The molecule has 0 spiro atoms. The summed E-state index contributed by atoms with van der Waals surface area (Å²) in [5.41, 5.74) is 0.341. The van der Waals surface area contributed by atoms with Gasteiger partial charge >= 0.3 is 0 Å². The van der Waals surface area contributed by atoms with Crippen LogP contribution in [0.5, 0.6) is 5.75 Å². The zero-order chi connectivity index (χ0) is 21.0. The van der Waals surface area contributed by atoms with Gasteiger partial charge in [-0.1, -0.05) is 0 Å². The van der Waals surface area contributed by atoms with Gasteiger partial charge in [0.15, 0.2) is 21.4 Å². The molecule has 0 amide bonds. The molecule has 1 saturated heterocycles. The number of sulfone groups is 1. The van der Waals surface area contributed by atoms with Crippen LogP contribution in [0.1, 0.15) is 26.5 Å². The summed E-state index contributed by atoms with van der Waals surface area (Å²) in [5, 5.41) is 3.00. The van der Waals surface area contributed by atoms with Crippen LogP contribution >= 0.6 is 0 Å². The van der Waals surface area contributed by atoms with Gasteiger partial charge in [0.2, 0.25) is 11.9 Å². The van der Waals surface area contributed by atoms with Gasteiger partial charge in [0.25, 0.3) is 0 Å². The highest BCUT2D eigenvalue weighted by molar-refractivity contribution is 7.91. The maximum Gasteiger partial charge on any atom is 0.239 e. The Balaban J connectivity index is 1.99. The molecule has 0 aliphatic carbocycles. The molecule has 0 aromatic carbocycles. The van der Waals surface area contributed by atoms with Crippen molar-refractivity contribution in [1.82, 2.24) is 19.5 Å². The molecule has 2 aliphatic heterocycles. The second kappa shape index (κ2) is 6.84. The summed E-state index contributed by atoms with van der Waals surface area (Å²) >= 11 is 0. The lowest BCUT2D eigenvalue weighted by atomic mass is 10.0. The topological polar surface area (TPSA) is 111 Å². The van der Waals surface area contributed by atoms with Crippen LogP contribution in [0, 0.1) is 0 Å². The fraction of sp³-hybridized carbons (Fsp3) is 0.611. The maximum absolute atomic E-state index is 12.6. The van der Waals surface area contributed by atoms with E-state index in [2.05, 4.69) is 27.1 Å². The van der Waals surface area contributed by atoms with Crippen molar-refractivity contribution in [2.75, 3.05) is 43.3 Å². The average molecular weight is 423 g/mol. The molecule has 2 atom stereocenters. The van der Waals surface area contributed by atoms with E-state index in [4.69, 9.17) is 14.5 Å². The molecule has 158 valence electrons. The first-order chi connectivity index (χ1) is 13.6. The number of rotatable bonds is 4. The SMILES string of the molecule is CNc1nccn1-c1nc2c(c(C(C)(C)S(C)(=O)=O)n1)OC[C@@H]1COC[C@@H](C)N21. The molecule has 2 aliphatic rings. The van der Waals surface area contributed by atoms with E-state index in [1.165, 1.54) is 6.26 Å². The number of hydrogen-bond donors (Lipinski definition) is 1. The van der Waals surface area contributed by atoms with Gasteiger partial charge in [0.05, 0.1) is 25.3 Å². The summed E-state index contributed by atoms with van der Waals surface area (Å²) in [6.45, 7) is 6.81. The van der Waals surface area contributed by atoms with E-state index >= 15 is 0 Å². The average Bonchev–Trinajstić information content (AvgIpc) is 3.14. The number of hydrogen-bond acceptors (Lipinski definition) is 9. The van der Waals surface area contributed by atoms with E-state index in [0.717, 1.165) is 0 Å². The number of nitrogens with one attached hydrogen (secondary N) is 1. The van der Waals surface area contributed by atoms with Gasteiger partial charge in [-0.15, -0.1) is 0 Å². The molecule has 11 heteroatoms. The molecule has 0 bridgehead atoms. The van der Waals surface area contributed by atoms with Crippen molar-refractivity contribution >= 4 is 21.6 Å². The highest BCUT2D eigenvalue weighted by Crippen LogP contribution is 2.43. The lowest BCUT2D eigenvalue weighted by Crippen LogP contribution is -2.56. The molecule has 0 unspecified atom stereocenters. The molecule has 1 N–H and O–H groups in total. The predicted molar refractivity (Wildman–Crippen MR) is 109 cm³/mol. The summed E-state index contributed by atoms with van der Waals surface area (Å²) < 4.78 is 37.4. The number of nitrogens with zero attached hydrogens (tertiary/aromatic N) is 5. The molecule has 1 fully saturated rings. The van der Waals surface area contributed by atoms with Crippen LogP contribution in [0.4, 0.5) is 11.8 Å². The molecular formula is C18H26N6O4S. The Morgan fingerprint density at radius 2 is 2.00 bits per heavy atom. The van der Waals surface area contributed by atoms with Gasteiger partial charge in [-0.2, -0.15) is 4.98 Å². The number of anilines is 2. The zero-order valence-electron chi connectivity index (χ0n) is 17.2. The van der Waals surface area contributed by atoms with E-state index < -0.39 is 14.6 Å². The third kappa shape index (κ3) is 3.12. The van der Waals surface area contributed by atoms with Gasteiger partial charge in [-0.3, -0.25) is 4.57 Å². The Morgan fingerprint density at radius 1 is 1.24 bits per heavy atom. The second-order valence-electron chi connectivity index (χ2n) is 7.94. The standard InChI is InChI=1S/C18H26N6O4S/c1-11-8-27-9-12-10-28-13-14(18(2,3)29(5,25)26)21-17(22-15(13)24(11)12)23-7-6-20-16(23)19-4/h6-7,11-12H,8-10H2,1-5H3,(H,19,20)/t11-,12+/m1/s1. The van der Waals surface area contributed by atoms with Gasteiger partial charge in [0.1, 0.15) is 17.0 Å². The Kier molecular flexibility index (Phi) is 4.69. The minimum atomic E-state index is -3.49. The van der Waals surface area contributed by atoms with Crippen LogP contribution in [0.15, 0.2) is 12.4 Å². The van der Waals surface area contributed by atoms with Crippen molar-refractivity contribution in [2.24, 2.45) is 0 Å². The monoisotopic (exact) mass is 422 g/mol. The van der Waals surface area contributed by atoms with Crippen molar-refractivity contribution in [3.8, 4) is 11.7 Å². The Hall–Kier alpha value is -2.40. The van der Waals surface area contributed by atoms with Crippen LogP contribution in [0.25, 0.3) is 5.95 Å². The Labute approximate surface area is 170 Å². The van der Waals surface area contributed by atoms with Crippen LogP contribution in [0.3, 0.4) is 0 Å². The largest absolute Gasteiger partial charge is 0.486 e. The number of ether oxygens (including phenoxy) is 2. The van der Waals surface area contributed by atoms with Crippen molar-refractivity contribution in [1.29, 1.82) is 0 Å². The highest BCUT2D eigenvalue weighted by Gasteiger charge is 2.44. The first kappa shape index (κ1) is 19.9. The lowest BCUT2D eigenvalue weighted by Gasteiger charge is -2.45. The predicted octanol–water partition coefficient (Wildman–Crippen LogP) is 0.970. The first-order valence-corrected chi connectivity index (χ1v) is 11.4. The van der Waals surface area contributed by atoms with Crippen LogP contribution < -0.4 is 15.0 Å². The van der Waals surface area contributed by atoms with E-state index in [9.17, 15) is 8.42 Å². The molecule has 0 saturated carbocycles. The molecule has 2 aromatic heterocycles. The lowest BCUT2D eigenvalue weighted by molar-refractivity contribution is 0.0482. The van der Waals surface area contributed by atoms with E-state index in [-0.39, 0.29) is 12.1 Å². The van der Waals surface area contributed by atoms with Crippen molar-refractivity contribution in [2.45, 2.75) is 37.6 Å². The Bertz CT molecular complexity index is 1030. The zero-order valence-corrected chi connectivity index (χ0v) is 18.0. The molecule has 4 rings (SSSR count). The first-order valence-electron chi connectivity index (χ1n) is 9.47. The smallest absolute Gasteiger partial charge is 0.239 e. The maximum atomic E-state index is 12.6. The van der Waals surface area contributed by atoms with Gasteiger partial charge in [-0.05, 0) is 20.8 Å². The summed E-state index contributed by atoms with van der Waals surface area (Å²) in [7, 11) is -1.74. The number of imidazole rings is 1. The summed E-state index contributed by atoms with van der Waals surface area (Å²) in [5.74, 6) is 1.89. The van der Waals surface area contributed by atoms with E-state index in [1.54, 1.807) is 37.9 Å². The quantitative estimate of drug-likeness (QED) is 0.770. The molecule has 29 heavy (non-hydrogen) atoms. The number of aromatic nitrogens is 4. The normalized spacial score (nSPS) is 21.9. The van der Waals surface area contributed by atoms with Gasteiger partial charge in [-0.25, -0.2) is 18.4 Å². The minimum Gasteiger partial charge on any atom is -0.486 e. The highest BCUT2D eigenvalue weighted by atomic mass is 32.2. The molecule has 2 aromatic rings. The minimum absolute atomic E-state index is 0.00903. The van der Waals surface area contributed by atoms with Crippen molar-refractivity contribution in [3.63, 3.8) is 0 Å². The van der Waals surface area contributed by atoms with Crippen LogP contribution in [-0.4, -0.2) is 73.1 Å². The third-order valence-electron chi connectivity index (χ3n) is 5.62. The summed E-state index contributed by atoms with van der Waals surface area (Å²) in [6, 6.07) is 0.0784. The van der Waals surface area contributed by atoms with Crippen LogP contribution in [-0.2, 0) is 19.3 Å². The summed E-state index contributed by atoms with van der Waals surface area (Å²) in [4.78, 5) is 15.8. The van der Waals surface area contributed by atoms with Crippen molar-refractivity contribution in [3.05, 3.63) is 18.1 Å². The Morgan fingerprint density at radius 3 is 2.69 bits per heavy atom. The second-order valence-corrected chi connectivity index (χ2v) is 10.5. The molecule has 0 radical (unpaired) electrons. The van der Waals surface area contributed by atoms with Crippen molar-refractivity contribution < 1.29 is 17.9 Å². The molecular weight excluding hydrogens is 396 g/mol. The van der Waals surface area contributed by atoms with Gasteiger partial charge in [0, 0.05) is 25.7 Å². The third-order valence-corrected chi connectivity index (χ3v) is 7.66. The van der Waals surface area contributed by atoms with E-state index in [0.29, 0.717) is 49.0 Å². The molecule has 4 heterocycles. The van der Waals surface area contributed by atoms with Gasteiger partial charge < -0.3 is 19.7 Å². The fourth-order valence-electron chi connectivity index (χ4n) is 3.66. The van der Waals surface area contributed by atoms with E-state index in [1.807, 2.05) is 0 Å². The number of fused-ring (bicyclic) bond motifs is 3.